The quantitative estimate of drug-likeness (QED) is 0.0160. The van der Waals surface area contributed by atoms with Gasteiger partial charge in [-0.3, -0.25) is 77.1 Å². The number of aliphatic imine (C=N–C) groups is 2. The number of unbranched alkanes of at least 4 members (excludes halogenated alkanes) is 2. The summed E-state index contributed by atoms with van der Waals surface area (Å²) in [6, 6.07) is -14.4. The smallest absolute Gasteiger partial charge is 0.243 e. The molecular weight excluding hydrogens is 1410 g/mol. The van der Waals surface area contributed by atoms with Crippen LogP contribution >= 0.6 is 0 Å². The summed E-state index contributed by atoms with van der Waals surface area (Å²) in [4.78, 5) is 202. The third kappa shape index (κ3) is 42.0. The lowest BCUT2D eigenvalue weighted by atomic mass is 9.98. The first-order chi connectivity index (χ1) is 50.9. The van der Waals surface area contributed by atoms with Gasteiger partial charge in [0.15, 0.2) is 11.9 Å². The van der Waals surface area contributed by atoms with Crippen LogP contribution in [0.1, 0.15) is 201 Å². The molecule has 0 fully saturated rings. The van der Waals surface area contributed by atoms with Crippen LogP contribution in [0.2, 0.25) is 0 Å². The highest BCUT2D eigenvalue weighted by Crippen LogP contribution is 2.16. The average Bonchev–Trinajstić information content (AvgIpc) is 0.860. The number of nitrogens with zero attached hydrogens (tertiary/aromatic N) is 2. The summed E-state index contributed by atoms with van der Waals surface area (Å²) >= 11 is 0. The van der Waals surface area contributed by atoms with E-state index in [1.807, 2.05) is 27.7 Å². The highest BCUT2D eigenvalue weighted by molar-refractivity contribution is 5.99. The van der Waals surface area contributed by atoms with Crippen LogP contribution in [0, 0.1) is 47.3 Å². The first-order valence-electron chi connectivity index (χ1n) is 38.3. The van der Waals surface area contributed by atoms with Crippen LogP contribution in [0.15, 0.2) is 9.98 Å². The Bertz CT molecular complexity index is 2970. The van der Waals surface area contributed by atoms with Crippen LogP contribution in [-0.4, -0.2) is 206 Å². The van der Waals surface area contributed by atoms with Gasteiger partial charge < -0.3 is 115 Å². The third-order valence-electron chi connectivity index (χ3n) is 17.3. The Morgan fingerprint density at radius 3 is 0.844 bits per heavy atom. The van der Waals surface area contributed by atoms with Crippen molar-refractivity contribution < 1.29 is 67.1 Å². The average molecular weight is 1550 g/mol. The molecule has 37 nitrogen and oxygen atoms in total. The molecular formula is C72H137N23O14. The monoisotopic (exact) mass is 1550 g/mol. The van der Waals surface area contributed by atoms with Gasteiger partial charge in [-0.1, -0.05) is 117 Å². The second kappa shape index (κ2) is 53.0. The Kier molecular flexibility index (Phi) is 48.6. The van der Waals surface area contributed by atoms with E-state index in [1.54, 1.807) is 83.1 Å². The number of amides is 14. The molecule has 0 aliphatic heterocycles. The van der Waals surface area contributed by atoms with Crippen molar-refractivity contribution in [2.75, 3.05) is 39.3 Å². The number of carbonyl (C=O) groups is 14. The SMILES string of the molecule is CC(C)C[C@H](NC(=O)[C@H](CCCN=C(N)N)NC(=O)CNC(=O)[C@H](CC(C)C)NC(=O)[C@@H](NC(=O)[C@H](CCCCN)NC(=O)[C@@H](NC(=O)[C@H](CC(C)C)NC(=O)[C@H](CCCN=C(N)N)NC(=O)CNC(=O)[C@H](CC(C)C)NC(=O)[C@@H](NC(=O)[C@@H](N)CCCCN)C(C)C)C(C)C)C(C)C)C(=O)N[C@H](C(N)=O)C(C)C. The van der Waals surface area contributed by atoms with Crippen molar-refractivity contribution in [3.05, 3.63) is 0 Å². The minimum Gasteiger partial charge on any atom is -0.370 e. The molecule has 0 radical (unpaired) electrons. The zero-order chi connectivity index (χ0) is 83.5. The molecule has 0 saturated carbocycles. The molecule has 0 aromatic carbocycles. The summed E-state index contributed by atoms with van der Waals surface area (Å²) in [5.74, 6) is -13.7. The van der Waals surface area contributed by atoms with Crippen LogP contribution in [0.3, 0.4) is 0 Å². The van der Waals surface area contributed by atoms with E-state index in [0.29, 0.717) is 38.6 Å². The molecule has 0 rings (SSSR count). The van der Waals surface area contributed by atoms with Gasteiger partial charge in [-0.25, -0.2) is 0 Å². The normalized spacial score (nSPS) is 14.7. The Morgan fingerprint density at radius 2 is 0.541 bits per heavy atom. The number of carbonyl (C=O) groups excluding carboxylic acids is 14. The molecule has 0 aliphatic rings. The van der Waals surface area contributed by atoms with E-state index < -0.39 is 186 Å². The minimum atomic E-state index is -1.34. The fraction of sp³-hybridized carbons (Fsp3) is 0.778. The van der Waals surface area contributed by atoms with Gasteiger partial charge in [0.25, 0.3) is 0 Å². The van der Waals surface area contributed by atoms with E-state index >= 15 is 0 Å². The second-order valence-corrected chi connectivity index (χ2v) is 30.9. The molecule has 109 heavy (non-hydrogen) atoms. The number of guanidine groups is 2. The third-order valence-corrected chi connectivity index (χ3v) is 17.3. The van der Waals surface area contributed by atoms with Crippen molar-refractivity contribution >= 4 is 94.6 Å². The van der Waals surface area contributed by atoms with Gasteiger partial charge in [0.2, 0.25) is 82.7 Å². The molecule has 0 aromatic heterocycles. The van der Waals surface area contributed by atoms with Crippen LogP contribution in [0.25, 0.3) is 0 Å². The molecule has 0 aromatic rings. The van der Waals surface area contributed by atoms with Crippen molar-refractivity contribution in [2.24, 2.45) is 103 Å². The predicted molar refractivity (Wildman–Crippen MR) is 417 cm³/mol. The molecule has 0 aliphatic carbocycles. The number of rotatable bonds is 55. The van der Waals surface area contributed by atoms with Crippen LogP contribution in [-0.2, 0) is 67.1 Å². The topological polar surface area (TPSA) is 628 Å². The standard InChI is InChI=1S/C72H137N23O14/c1-37(2)31-49(90-69(108)56(42(11)12)93-60(99)45(75)23-17-19-27-73)61(100)83-35-54(97)86-47(26-22-30-82-72(79)80)64(103)89-52(34-40(7)8)67(106)95-57(43(13)14)68(107)87-48(24-18-20-28-74)65(104)94-58(44(15)16)70(109)91-50(32-38(3)4)62(101)84-36-53(96)85-46(25-21-29-81-71(77)78)63(102)88-51(33-39(5)6)66(105)92-55(41(9)10)59(76)98/h37-52,55-58H,17-36,73-75H2,1-16H3,(H2,76,98)(H,83,100)(H,84,101)(H,85,96)(H,86,97)(H,87,107)(H,88,102)(H,89,103)(H,90,108)(H,91,109)(H,92,105)(H,93,99)(H,94,104)(H,95,106)(H4,77,78,81)(H4,79,80,82)/t45-,46-,47-,48-,49-,50-,51-,52-,55-,56-,57-,58-/m0/s1. The number of nitrogens with one attached hydrogen (secondary N) is 13. The van der Waals surface area contributed by atoms with Crippen molar-refractivity contribution in [3.63, 3.8) is 0 Å². The van der Waals surface area contributed by atoms with Gasteiger partial charge in [-0.2, -0.15) is 0 Å². The van der Waals surface area contributed by atoms with Crippen LogP contribution < -0.4 is 115 Å². The fourth-order valence-corrected chi connectivity index (χ4v) is 11.4. The number of hydrogen-bond acceptors (Lipinski definition) is 19. The molecule has 0 unspecified atom stereocenters. The molecule has 14 amide bonds. The maximum absolute atomic E-state index is 14.5. The highest BCUT2D eigenvalue weighted by atomic mass is 16.2. The maximum atomic E-state index is 14.5. The van der Waals surface area contributed by atoms with Crippen molar-refractivity contribution in [2.45, 2.75) is 273 Å². The van der Waals surface area contributed by atoms with Gasteiger partial charge in [-0.15, -0.1) is 0 Å². The van der Waals surface area contributed by atoms with E-state index in [-0.39, 0.29) is 119 Å². The Labute approximate surface area is 644 Å². The van der Waals surface area contributed by atoms with Gasteiger partial charge in [0, 0.05) is 13.1 Å². The Balaban J connectivity index is 6.80. The largest absolute Gasteiger partial charge is 0.370 e. The molecule has 0 saturated heterocycles. The molecule has 29 N–H and O–H groups in total. The molecule has 0 spiro atoms. The summed E-state index contributed by atoms with van der Waals surface area (Å²) in [5, 5.41) is 34.7. The molecule has 624 valence electrons. The van der Waals surface area contributed by atoms with E-state index in [9.17, 15) is 67.1 Å². The lowest BCUT2D eigenvalue weighted by Gasteiger charge is -2.30. The molecule has 0 heterocycles. The zero-order valence-corrected chi connectivity index (χ0v) is 67.4. The maximum Gasteiger partial charge on any atom is 0.243 e. The van der Waals surface area contributed by atoms with Crippen molar-refractivity contribution in [1.29, 1.82) is 0 Å². The zero-order valence-electron chi connectivity index (χ0n) is 67.4. The second-order valence-electron chi connectivity index (χ2n) is 30.9. The van der Waals surface area contributed by atoms with Gasteiger partial charge in [0.05, 0.1) is 19.1 Å². The van der Waals surface area contributed by atoms with E-state index in [1.165, 1.54) is 0 Å². The van der Waals surface area contributed by atoms with Crippen molar-refractivity contribution in [3.8, 4) is 0 Å². The summed E-state index contributed by atoms with van der Waals surface area (Å²) < 4.78 is 0. The van der Waals surface area contributed by atoms with Crippen molar-refractivity contribution in [1.82, 2.24) is 69.1 Å². The summed E-state index contributed by atoms with van der Waals surface area (Å²) in [6.45, 7) is 27.3. The first kappa shape index (κ1) is 100. The highest BCUT2D eigenvalue weighted by Gasteiger charge is 2.38. The van der Waals surface area contributed by atoms with E-state index in [0.717, 1.165) is 0 Å². The number of nitrogens with two attached hydrogens (primary N) is 8. The molecule has 12 atom stereocenters. The Hall–Kier alpha value is -9.00. The number of hydrogen-bond donors (Lipinski definition) is 21. The van der Waals surface area contributed by atoms with E-state index in [2.05, 4.69) is 79.1 Å². The van der Waals surface area contributed by atoms with Gasteiger partial charge in [0.1, 0.15) is 66.5 Å². The van der Waals surface area contributed by atoms with Gasteiger partial charge in [-0.05, 0) is 144 Å². The fourth-order valence-electron chi connectivity index (χ4n) is 11.4. The lowest BCUT2D eigenvalue weighted by molar-refractivity contribution is -0.136. The van der Waals surface area contributed by atoms with Crippen LogP contribution in [0.4, 0.5) is 0 Å². The summed E-state index contributed by atoms with van der Waals surface area (Å²) in [7, 11) is 0. The number of primary amides is 1. The minimum absolute atomic E-state index is 0.0203. The summed E-state index contributed by atoms with van der Waals surface area (Å²) in [6.07, 6.45) is 3.06. The Morgan fingerprint density at radius 1 is 0.284 bits per heavy atom. The molecule has 37 heteroatoms. The first-order valence-corrected chi connectivity index (χ1v) is 38.3. The predicted octanol–water partition coefficient (Wildman–Crippen LogP) is -3.46. The summed E-state index contributed by atoms with van der Waals surface area (Å²) in [5.41, 5.74) is 45.2. The van der Waals surface area contributed by atoms with Crippen LogP contribution in [0.5, 0.6) is 0 Å². The van der Waals surface area contributed by atoms with Gasteiger partial charge >= 0.3 is 0 Å². The molecule has 0 bridgehead atoms. The lowest BCUT2D eigenvalue weighted by Crippen LogP contribution is -2.61. The van der Waals surface area contributed by atoms with E-state index in [4.69, 9.17) is 45.9 Å².